The van der Waals surface area contributed by atoms with E-state index in [1.54, 1.807) is 0 Å². The molecule has 0 bridgehead atoms. The standard InChI is InChI=1S/C17H24N4O4/c18-7-1-3-13-24-17(15-22-11-5-9-20,16-23-12-6-10-21)25-14-4-2-8-19/h1-6,11-16H2. The van der Waals surface area contributed by atoms with E-state index in [2.05, 4.69) is 0 Å². The molecule has 0 spiro atoms. The Morgan fingerprint density at radius 3 is 1.32 bits per heavy atom. The lowest BCUT2D eigenvalue weighted by Crippen LogP contribution is -2.46. The molecule has 0 aromatic carbocycles. The lowest BCUT2D eigenvalue weighted by molar-refractivity contribution is -0.282. The van der Waals surface area contributed by atoms with Crippen LogP contribution in [0.25, 0.3) is 0 Å². The van der Waals surface area contributed by atoms with Gasteiger partial charge in [-0.1, -0.05) is 0 Å². The minimum absolute atomic E-state index is 0.0559. The van der Waals surface area contributed by atoms with Crippen LogP contribution in [0.3, 0.4) is 0 Å². The molecule has 0 rings (SSSR count). The summed E-state index contributed by atoms with van der Waals surface area (Å²) in [5.74, 6) is -1.18. The molecule has 0 aliphatic heterocycles. The predicted octanol–water partition coefficient (Wildman–Crippen LogP) is 2.18. The first kappa shape index (κ1) is 22.8. The minimum atomic E-state index is -1.18. The highest BCUT2D eigenvalue weighted by Crippen LogP contribution is 2.18. The number of rotatable bonds is 16. The first-order valence-electron chi connectivity index (χ1n) is 8.16. The Kier molecular flexibility index (Phi) is 15.2. The molecule has 0 unspecified atom stereocenters. The maximum Gasteiger partial charge on any atom is 0.216 e. The summed E-state index contributed by atoms with van der Waals surface area (Å²) in [6, 6.07) is 8.06. The Morgan fingerprint density at radius 1 is 0.560 bits per heavy atom. The van der Waals surface area contributed by atoms with Crippen LogP contribution in [0, 0.1) is 45.3 Å². The van der Waals surface area contributed by atoms with Crippen molar-refractivity contribution in [3.05, 3.63) is 0 Å². The van der Waals surface area contributed by atoms with Gasteiger partial charge in [0.05, 0.1) is 63.5 Å². The molecule has 0 aromatic rings. The van der Waals surface area contributed by atoms with Crippen molar-refractivity contribution in [2.45, 2.75) is 44.3 Å². The van der Waals surface area contributed by atoms with Crippen molar-refractivity contribution in [3.63, 3.8) is 0 Å². The van der Waals surface area contributed by atoms with E-state index >= 15 is 0 Å². The third-order valence-electron chi connectivity index (χ3n) is 2.96. The summed E-state index contributed by atoms with van der Waals surface area (Å²) in [6.07, 6.45) is 2.28. The molecule has 0 fully saturated rings. The average Bonchev–Trinajstić information content (AvgIpc) is 2.63. The third kappa shape index (κ3) is 12.8. The van der Waals surface area contributed by atoms with E-state index in [1.165, 1.54) is 0 Å². The van der Waals surface area contributed by atoms with Crippen LogP contribution in [0.4, 0.5) is 0 Å². The summed E-state index contributed by atoms with van der Waals surface area (Å²) in [4.78, 5) is 0. The van der Waals surface area contributed by atoms with Gasteiger partial charge in [0.15, 0.2) is 0 Å². The summed E-state index contributed by atoms with van der Waals surface area (Å²) in [5, 5.41) is 34.4. The molecule has 0 aromatic heterocycles. The number of hydrogen-bond acceptors (Lipinski definition) is 8. The van der Waals surface area contributed by atoms with Gasteiger partial charge in [-0.3, -0.25) is 0 Å². The van der Waals surface area contributed by atoms with Gasteiger partial charge in [-0.2, -0.15) is 21.0 Å². The largest absolute Gasteiger partial charge is 0.375 e. The maximum absolute atomic E-state index is 8.62. The highest BCUT2D eigenvalue weighted by molar-refractivity contribution is 4.75. The van der Waals surface area contributed by atoms with E-state index in [-0.39, 0.29) is 52.5 Å². The molecule has 0 N–H and O–H groups in total. The van der Waals surface area contributed by atoms with Crippen LogP contribution in [0.2, 0.25) is 0 Å². The van der Waals surface area contributed by atoms with E-state index in [0.29, 0.717) is 25.7 Å². The van der Waals surface area contributed by atoms with Crippen molar-refractivity contribution in [2.24, 2.45) is 0 Å². The summed E-state index contributed by atoms with van der Waals surface area (Å²) in [6.45, 7) is 1.16. The van der Waals surface area contributed by atoms with E-state index in [0.717, 1.165) is 0 Å². The number of unbranched alkanes of at least 4 members (excludes halogenated alkanes) is 2. The van der Waals surface area contributed by atoms with Crippen molar-refractivity contribution in [1.29, 1.82) is 21.0 Å². The van der Waals surface area contributed by atoms with Crippen molar-refractivity contribution in [2.75, 3.05) is 39.6 Å². The van der Waals surface area contributed by atoms with Crippen LogP contribution in [-0.4, -0.2) is 45.4 Å². The van der Waals surface area contributed by atoms with Crippen LogP contribution >= 0.6 is 0 Å². The molecule has 8 nitrogen and oxygen atoms in total. The van der Waals surface area contributed by atoms with Crippen LogP contribution in [0.15, 0.2) is 0 Å². The monoisotopic (exact) mass is 348 g/mol. The maximum atomic E-state index is 8.62. The van der Waals surface area contributed by atoms with Crippen molar-refractivity contribution in [3.8, 4) is 24.3 Å². The molecular formula is C17H24N4O4. The summed E-state index contributed by atoms with van der Waals surface area (Å²) in [7, 11) is 0. The second-order valence-corrected chi connectivity index (χ2v) is 5.05. The zero-order chi connectivity index (χ0) is 18.6. The Balaban J connectivity index is 4.75. The zero-order valence-electron chi connectivity index (χ0n) is 14.4. The Morgan fingerprint density at radius 2 is 0.960 bits per heavy atom. The highest BCUT2D eigenvalue weighted by Gasteiger charge is 2.33. The molecule has 0 saturated heterocycles. The van der Waals surface area contributed by atoms with Crippen molar-refractivity contribution in [1.82, 2.24) is 0 Å². The number of hydrogen-bond donors (Lipinski definition) is 0. The SMILES string of the molecule is N#CCCCOC(COCCC#N)(COCCC#N)OCCCC#N. The van der Waals surface area contributed by atoms with Gasteiger partial charge in [0, 0.05) is 12.8 Å². The van der Waals surface area contributed by atoms with Crippen LogP contribution in [-0.2, 0) is 18.9 Å². The second kappa shape index (κ2) is 16.7. The normalized spacial score (nSPS) is 10.4. The number of nitriles is 4. The van der Waals surface area contributed by atoms with Gasteiger partial charge in [-0.25, -0.2) is 0 Å². The fourth-order valence-electron chi connectivity index (χ4n) is 1.76. The van der Waals surface area contributed by atoms with Gasteiger partial charge in [0.1, 0.15) is 13.2 Å². The lowest BCUT2D eigenvalue weighted by Gasteiger charge is -2.33. The molecule has 0 amide bonds. The summed E-state index contributed by atoms with van der Waals surface area (Å²) >= 11 is 0. The molecule has 8 heteroatoms. The van der Waals surface area contributed by atoms with E-state index in [1.807, 2.05) is 24.3 Å². The number of nitrogens with zero attached hydrogens (tertiary/aromatic N) is 4. The quantitative estimate of drug-likeness (QED) is 0.306. The molecule has 0 aliphatic rings. The summed E-state index contributed by atoms with van der Waals surface area (Å²) in [5.41, 5.74) is 0. The lowest BCUT2D eigenvalue weighted by atomic mass is 10.2. The van der Waals surface area contributed by atoms with Crippen LogP contribution in [0.5, 0.6) is 0 Å². The minimum Gasteiger partial charge on any atom is -0.375 e. The number of ether oxygens (including phenoxy) is 4. The molecule has 25 heavy (non-hydrogen) atoms. The molecule has 0 aliphatic carbocycles. The van der Waals surface area contributed by atoms with Gasteiger partial charge in [-0.15, -0.1) is 0 Å². The first-order valence-corrected chi connectivity index (χ1v) is 8.16. The van der Waals surface area contributed by atoms with Gasteiger partial charge in [0.2, 0.25) is 5.79 Å². The first-order chi connectivity index (χ1) is 12.2. The molecule has 136 valence electrons. The smallest absolute Gasteiger partial charge is 0.216 e. The van der Waals surface area contributed by atoms with Crippen molar-refractivity contribution >= 4 is 0 Å². The fraction of sp³-hybridized carbons (Fsp3) is 0.765. The molecule has 0 saturated carbocycles. The molecule has 0 heterocycles. The zero-order valence-corrected chi connectivity index (χ0v) is 14.4. The van der Waals surface area contributed by atoms with Gasteiger partial charge in [-0.05, 0) is 12.8 Å². The van der Waals surface area contributed by atoms with Crippen LogP contribution in [0.1, 0.15) is 38.5 Å². The Labute approximate surface area is 149 Å². The molecule has 0 radical (unpaired) electrons. The van der Waals surface area contributed by atoms with E-state index in [9.17, 15) is 0 Å². The molecular weight excluding hydrogens is 324 g/mol. The Bertz CT molecular complexity index is 405. The Hall–Kier alpha value is -2.20. The van der Waals surface area contributed by atoms with E-state index < -0.39 is 5.79 Å². The fourth-order valence-corrected chi connectivity index (χ4v) is 1.76. The van der Waals surface area contributed by atoms with Gasteiger partial charge >= 0.3 is 0 Å². The average molecular weight is 348 g/mol. The van der Waals surface area contributed by atoms with Gasteiger partial charge in [0.25, 0.3) is 0 Å². The summed E-state index contributed by atoms with van der Waals surface area (Å²) < 4.78 is 22.5. The topological polar surface area (TPSA) is 132 Å². The third-order valence-corrected chi connectivity index (χ3v) is 2.96. The van der Waals surface area contributed by atoms with Crippen molar-refractivity contribution < 1.29 is 18.9 Å². The van der Waals surface area contributed by atoms with Gasteiger partial charge < -0.3 is 18.9 Å². The van der Waals surface area contributed by atoms with Crippen LogP contribution < -0.4 is 0 Å². The predicted molar refractivity (Wildman–Crippen MR) is 86.4 cm³/mol. The second-order valence-electron chi connectivity index (χ2n) is 5.05. The highest BCUT2D eigenvalue weighted by atomic mass is 16.7. The van der Waals surface area contributed by atoms with E-state index in [4.69, 9.17) is 40.0 Å². The molecule has 0 atom stereocenters.